The molecule has 2 amide bonds. The molecule has 0 saturated heterocycles. The molecule has 0 bridgehead atoms. The number of amides is 2. The van der Waals surface area contributed by atoms with Gasteiger partial charge in [-0.15, -0.1) is 0 Å². The zero-order valence-electron chi connectivity index (χ0n) is 26.8. The van der Waals surface area contributed by atoms with Crippen molar-refractivity contribution in [2.75, 3.05) is 10.6 Å². The van der Waals surface area contributed by atoms with E-state index in [1.165, 1.54) is 14.1 Å². The fourth-order valence-electron chi connectivity index (χ4n) is 4.96. The van der Waals surface area contributed by atoms with E-state index in [1.807, 2.05) is 56.3 Å². The lowest BCUT2D eigenvalue weighted by Crippen LogP contribution is -2.16. The molecular formula is C34H42F2N6O2. The molecule has 1 atom stereocenters. The topological polar surface area (TPSA) is 93.8 Å². The lowest BCUT2D eigenvalue weighted by molar-refractivity contribution is 0.101. The SMILES string of the molecule is C=C(c1ccccc1NC(=O)c1c(C)nn(C)c1F)C(C)C.CCCC(C)c1ccccc1NC(=O)c1c(C)nn(C)c1F. The molecule has 0 spiro atoms. The number of allylic oxidation sites excluding steroid dienone is 1. The molecule has 44 heavy (non-hydrogen) atoms. The zero-order chi connectivity index (χ0) is 32.7. The summed E-state index contributed by atoms with van der Waals surface area (Å²) in [7, 11) is 2.95. The quantitative estimate of drug-likeness (QED) is 0.204. The zero-order valence-corrected chi connectivity index (χ0v) is 26.8. The van der Waals surface area contributed by atoms with Gasteiger partial charge in [0.1, 0.15) is 11.1 Å². The first-order valence-corrected chi connectivity index (χ1v) is 14.7. The molecule has 4 rings (SSSR count). The minimum absolute atomic E-state index is 0.000414. The fourth-order valence-corrected chi connectivity index (χ4v) is 4.96. The van der Waals surface area contributed by atoms with Crippen LogP contribution >= 0.6 is 0 Å². The van der Waals surface area contributed by atoms with Crippen LogP contribution in [0, 0.1) is 31.7 Å². The second-order valence-electron chi connectivity index (χ2n) is 11.2. The van der Waals surface area contributed by atoms with Crippen LogP contribution in [-0.2, 0) is 14.1 Å². The highest BCUT2D eigenvalue weighted by Gasteiger charge is 2.23. The summed E-state index contributed by atoms with van der Waals surface area (Å²) in [5.74, 6) is -1.65. The van der Waals surface area contributed by atoms with Gasteiger partial charge in [-0.1, -0.05) is 77.1 Å². The maximum absolute atomic E-state index is 14.0. The molecule has 2 aromatic heterocycles. The third-order valence-electron chi connectivity index (χ3n) is 7.44. The van der Waals surface area contributed by atoms with Crippen LogP contribution in [0.1, 0.15) is 89.7 Å². The van der Waals surface area contributed by atoms with Crippen LogP contribution in [0.3, 0.4) is 0 Å². The standard InChI is InChI=1S/C17H20FN3O.C17H22FN3O/c1-10(2)11(3)13-8-6-7-9-14(13)19-17(22)15-12(4)20-21(5)16(15)18;1-5-8-11(2)13-9-6-7-10-14(13)19-17(22)15-12(3)20-21(4)16(15)18/h6-10H,3H2,1-2,4-5H3,(H,19,22);6-7,9-11H,5,8H2,1-4H3,(H,19,22). The van der Waals surface area contributed by atoms with Crippen molar-refractivity contribution in [3.63, 3.8) is 0 Å². The average molecular weight is 605 g/mol. The lowest BCUT2D eigenvalue weighted by atomic mass is 9.95. The number of carbonyl (C=O) groups is 2. The number of nitrogens with zero attached hydrogens (tertiary/aromatic N) is 4. The lowest BCUT2D eigenvalue weighted by Gasteiger charge is -2.16. The first-order valence-electron chi connectivity index (χ1n) is 14.7. The van der Waals surface area contributed by atoms with Gasteiger partial charge in [0.15, 0.2) is 0 Å². The number of nitrogens with one attached hydrogen (secondary N) is 2. The van der Waals surface area contributed by atoms with E-state index in [-0.39, 0.29) is 17.0 Å². The first kappa shape index (κ1) is 33.9. The largest absolute Gasteiger partial charge is 0.322 e. The molecule has 4 aromatic rings. The van der Waals surface area contributed by atoms with Crippen molar-refractivity contribution in [1.82, 2.24) is 19.6 Å². The van der Waals surface area contributed by atoms with Crippen LogP contribution in [0.2, 0.25) is 0 Å². The smallest absolute Gasteiger partial charge is 0.262 e. The van der Waals surface area contributed by atoms with E-state index >= 15 is 0 Å². The van der Waals surface area contributed by atoms with Crippen molar-refractivity contribution in [2.45, 2.75) is 60.3 Å². The Morgan fingerprint density at radius 3 is 1.73 bits per heavy atom. The fraction of sp³-hybridized carbons (Fsp3) is 0.353. The van der Waals surface area contributed by atoms with Crippen molar-refractivity contribution < 1.29 is 18.4 Å². The average Bonchev–Trinajstić information content (AvgIpc) is 3.39. The Kier molecular flexibility index (Phi) is 11.3. The van der Waals surface area contributed by atoms with Crippen molar-refractivity contribution in [1.29, 1.82) is 0 Å². The van der Waals surface area contributed by atoms with Gasteiger partial charge in [0.2, 0.25) is 11.9 Å². The van der Waals surface area contributed by atoms with E-state index in [0.717, 1.165) is 44.6 Å². The second kappa shape index (κ2) is 14.7. The molecular weight excluding hydrogens is 562 g/mol. The minimum atomic E-state index is -0.643. The van der Waals surface area contributed by atoms with Crippen LogP contribution in [-0.4, -0.2) is 31.4 Å². The van der Waals surface area contributed by atoms with E-state index < -0.39 is 23.7 Å². The molecule has 0 aliphatic carbocycles. The molecule has 0 radical (unpaired) electrons. The number of hydrogen-bond acceptors (Lipinski definition) is 4. The van der Waals surface area contributed by atoms with Crippen LogP contribution in [0.25, 0.3) is 5.57 Å². The molecule has 2 heterocycles. The van der Waals surface area contributed by atoms with Gasteiger partial charge in [0.05, 0.1) is 11.4 Å². The van der Waals surface area contributed by atoms with Gasteiger partial charge in [0.25, 0.3) is 11.8 Å². The third kappa shape index (κ3) is 7.67. The molecule has 2 aromatic carbocycles. The highest BCUT2D eigenvalue weighted by atomic mass is 19.1. The van der Waals surface area contributed by atoms with Gasteiger partial charge in [-0.25, -0.2) is 9.36 Å². The first-order chi connectivity index (χ1) is 20.8. The summed E-state index contributed by atoms with van der Waals surface area (Å²) in [5, 5.41) is 13.5. The normalized spacial score (nSPS) is 11.5. The van der Waals surface area contributed by atoms with Gasteiger partial charge < -0.3 is 10.6 Å². The Bertz CT molecular complexity index is 1650. The van der Waals surface area contributed by atoms with Crippen molar-refractivity contribution >= 4 is 28.8 Å². The minimum Gasteiger partial charge on any atom is -0.322 e. The maximum Gasteiger partial charge on any atom is 0.262 e. The summed E-state index contributed by atoms with van der Waals surface area (Å²) in [5.41, 5.74) is 4.90. The van der Waals surface area contributed by atoms with Crippen molar-refractivity contribution in [2.24, 2.45) is 20.0 Å². The molecule has 0 saturated carbocycles. The summed E-state index contributed by atoms with van der Waals surface area (Å²) in [6.45, 7) is 15.6. The number of aryl methyl sites for hydroxylation is 4. The Morgan fingerprint density at radius 1 is 0.818 bits per heavy atom. The van der Waals surface area contributed by atoms with Gasteiger partial charge >= 0.3 is 0 Å². The molecule has 10 heteroatoms. The predicted octanol–water partition coefficient (Wildman–Crippen LogP) is 7.81. The van der Waals surface area contributed by atoms with Crippen molar-refractivity contribution in [3.05, 3.63) is 101 Å². The van der Waals surface area contributed by atoms with E-state index in [9.17, 15) is 18.4 Å². The second-order valence-corrected chi connectivity index (χ2v) is 11.2. The number of benzene rings is 2. The number of anilines is 2. The van der Waals surface area contributed by atoms with Gasteiger partial charge in [0, 0.05) is 31.0 Å². The number of aromatic nitrogens is 4. The Morgan fingerprint density at radius 2 is 1.27 bits per heavy atom. The number of carbonyl (C=O) groups excluding carboxylic acids is 2. The molecule has 0 fully saturated rings. The highest BCUT2D eigenvalue weighted by Crippen LogP contribution is 2.29. The molecule has 8 nitrogen and oxygen atoms in total. The monoisotopic (exact) mass is 604 g/mol. The maximum atomic E-state index is 14.0. The molecule has 1 unspecified atom stereocenters. The number of rotatable bonds is 9. The summed E-state index contributed by atoms with van der Waals surface area (Å²) in [6, 6.07) is 15.0. The third-order valence-corrected chi connectivity index (χ3v) is 7.44. The number of para-hydroxylation sites is 2. The molecule has 0 aliphatic rings. The van der Waals surface area contributed by atoms with Gasteiger partial charge in [-0.2, -0.15) is 19.0 Å². The van der Waals surface area contributed by atoms with E-state index in [0.29, 0.717) is 23.0 Å². The van der Waals surface area contributed by atoms with Crippen LogP contribution in [0.5, 0.6) is 0 Å². The van der Waals surface area contributed by atoms with Crippen LogP contribution in [0.15, 0.2) is 55.1 Å². The summed E-state index contributed by atoms with van der Waals surface area (Å²) in [6.07, 6.45) is 2.10. The van der Waals surface area contributed by atoms with Gasteiger partial charge in [-0.05, 0) is 55.4 Å². The number of hydrogen-bond donors (Lipinski definition) is 2. The Hall–Kier alpha value is -4.60. The van der Waals surface area contributed by atoms with Crippen molar-refractivity contribution in [3.8, 4) is 0 Å². The highest BCUT2D eigenvalue weighted by molar-refractivity contribution is 6.06. The number of halogens is 2. The summed E-state index contributed by atoms with van der Waals surface area (Å²) >= 11 is 0. The Labute approximate surface area is 258 Å². The summed E-state index contributed by atoms with van der Waals surface area (Å²) in [4.78, 5) is 24.8. The van der Waals surface area contributed by atoms with E-state index in [1.54, 1.807) is 19.9 Å². The molecule has 2 N–H and O–H groups in total. The predicted molar refractivity (Wildman–Crippen MR) is 172 cm³/mol. The van der Waals surface area contributed by atoms with Gasteiger partial charge in [-0.3, -0.25) is 9.59 Å². The van der Waals surface area contributed by atoms with E-state index in [4.69, 9.17) is 0 Å². The van der Waals surface area contributed by atoms with Crippen LogP contribution in [0.4, 0.5) is 20.2 Å². The Balaban J connectivity index is 0.000000240. The van der Waals surface area contributed by atoms with E-state index in [2.05, 4.69) is 41.3 Å². The molecule has 234 valence electrons. The molecule has 0 aliphatic heterocycles. The summed E-state index contributed by atoms with van der Waals surface area (Å²) < 4.78 is 30.1. The van der Waals surface area contributed by atoms with Crippen LogP contribution < -0.4 is 10.6 Å².